The first-order chi connectivity index (χ1) is 13.5. The van der Waals surface area contributed by atoms with Crippen LogP contribution >= 0.6 is 0 Å². The highest BCUT2D eigenvalue weighted by Gasteiger charge is 2.41. The van der Waals surface area contributed by atoms with Crippen LogP contribution in [0.15, 0.2) is 40.8 Å². The molecule has 0 unspecified atom stereocenters. The van der Waals surface area contributed by atoms with Crippen LogP contribution in [0.1, 0.15) is 55.3 Å². The highest BCUT2D eigenvalue weighted by atomic mass is 19.1. The first-order valence-electron chi connectivity index (χ1n) is 9.60. The van der Waals surface area contributed by atoms with Gasteiger partial charge in [0, 0.05) is 6.54 Å². The van der Waals surface area contributed by atoms with Crippen molar-refractivity contribution in [1.29, 1.82) is 0 Å². The summed E-state index contributed by atoms with van der Waals surface area (Å²) in [6, 6.07) is 8.86. The van der Waals surface area contributed by atoms with E-state index in [9.17, 15) is 14.0 Å². The average molecular weight is 388 g/mol. The second-order valence-corrected chi connectivity index (χ2v) is 6.96. The third-order valence-electron chi connectivity index (χ3n) is 4.91. The fourth-order valence-corrected chi connectivity index (χ4v) is 3.44. The lowest BCUT2D eigenvalue weighted by Crippen LogP contribution is -2.59. The molecule has 2 N–H and O–H groups in total. The van der Waals surface area contributed by atoms with E-state index in [1.807, 2.05) is 6.92 Å². The number of amides is 2. The van der Waals surface area contributed by atoms with Crippen LogP contribution in [0.3, 0.4) is 0 Å². The van der Waals surface area contributed by atoms with Crippen LogP contribution in [-0.2, 0) is 11.4 Å². The molecule has 0 saturated heterocycles. The number of hydrogen-bond donors (Lipinski definition) is 2. The van der Waals surface area contributed by atoms with Crippen molar-refractivity contribution in [3.8, 4) is 5.75 Å². The molecule has 28 heavy (non-hydrogen) atoms. The van der Waals surface area contributed by atoms with E-state index in [4.69, 9.17) is 9.15 Å². The van der Waals surface area contributed by atoms with E-state index in [-0.39, 0.29) is 24.1 Å². The topological polar surface area (TPSA) is 80.6 Å². The van der Waals surface area contributed by atoms with Crippen molar-refractivity contribution in [1.82, 2.24) is 10.6 Å². The number of carbonyl (C=O) groups is 2. The summed E-state index contributed by atoms with van der Waals surface area (Å²) < 4.78 is 24.0. The number of hydrogen-bond acceptors (Lipinski definition) is 4. The number of furan rings is 1. The molecule has 3 rings (SSSR count). The molecular formula is C21H25FN2O4. The molecule has 7 heteroatoms. The van der Waals surface area contributed by atoms with Crippen LogP contribution in [0.25, 0.3) is 0 Å². The van der Waals surface area contributed by atoms with Crippen molar-refractivity contribution in [2.45, 2.75) is 51.2 Å². The predicted octanol–water partition coefficient (Wildman–Crippen LogP) is 3.57. The number of halogens is 1. The zero-order chi connectivity index (χ0) is 20.0. The molecule has 150 valence electrons. The molecular weight excluding hydrogens is 363 g/mol. The van der Waals surface area contributed by atoms with E-state index >= 15 is 0 Å². The van der Waals surface area contributed by atoms with Crippen LogP contribution in [0, 0.1) is 5.82 Å². The van der Waals surface area contributed by atoms with Gasteiger partial charge in [-0.05, 0) is 56.2 Å². The molecule has 0 bridgehead atoms. The fourth-order valence-electron chi connectivity index (χ4n) is 3.44. The molecule has 1 aromatic heterocycles. The second kappa shape index (κ2) is 8.91. The van der Waals surface area contributed by atoms with Crippen molar-refractivity contribution >= 4 is 11.8 Å². The maximum atomic E-state index is 12.9. The molecule has 0 spiro atoms. The minimum Gasteiger partial charge on any atom is -0.486 e. The normalized spacial score (nSPS) is 15.6. The molecule has 1 aliphatic rings. The van der Waals surface area contributed by atoms with Crippen molar-refractivity contribution in [2.75, 3.05) is 6.54 Å². The van der Waals surface area contributed by atoms with Gasteiger partial charge in [0.2, 0.25) is 5.91 Å². The number of benzene rings is 1. The SMILES string of the molecule is CCNC(=O)C1(NC(=O)c2ccc(COc3ccc(F)cc3)o2)CCCCC1. The van der Waals surface area contributed by atoms with Gasteiger partial charge in [-0.3, -0.25) is 9.59 Å². The van der Waals surface area contributed by atoms with E-state index in [2.05, 4.69) is 10.6 Å². The Hall–Kier alpha value is -2.83. The van der Waals surface area contributed by atoms with E-state index in [0.717, 1.165) is 19.3 Å². The zero-order valence-electron chi connectivity index (χ0n) is 15.9. The Morgan fingerprint density at radius 3 is 2.50 bits per heavy atom. The maximum Gasteiger partial charge on any atom is 0.287 e. The van der Waals surface area contributed by atoms with Gasteiger partial charge in [0.1, 0.15) is 29.5 Å². The summed E-state index contributed by atoms with van der Waals surface area (Å²) in [5, 5.41) is 5.73. The van der Waals surface area contributed by atoms with Gasteiger partial charge in [0.25, 0.3) is 5.91 Å². The number of carbonyl (C=O) groups excluding carboxylic acids is 2. The minimum atomic E-state index is -0.886. The van der Waals surface area contributed by atoms with Gasteiger partial charge in [-0.15, -0.1) is 0 Å². The highest BCUT2D eigenvalue weighted by Crippen LogP contribution is 2.29. The Balaban J connectivity index is 1.63. The molecule has 2 aromatic rings. The van der Waals surface area contributed by atoms with Gasteiger partial charge < -0.3 is 19.8 Å². The van der Waals surface area contributed by atoms with Crippen molar-refractivity contribution in [3.05, 3.63) is 53.7 Å². The lowest BCUT2D eigenvalue weighted by Gasteiger charge is -2.36. The summed E-state index contributed by atoms with van der Waals surface area (Å²) in [5.41, 5.74) is -0.886. The molecule has 6 nitrogen and oxygen atoms in total. The first-order valence-corrected chi connectivity index (χ1v) is 9.60. The van der Waals surface area contributed by atoms with E-state index < -0.39 is 11.4 Å². The largest absolute Gasteiger partial charge is 0.486 e. The zero-order valence-corrected chi connectivity index (χ0v) is 15.9. The van der Waals surface area contributed by atoms with E-state index in [0.29, 0.717) is 30.9 Å². The van der Waals surface area contributed by atoms with Gasteiger partial charge in [0.15, 0.2) is 5.76 Å². The maximum absolute atomic E-state index is 12.9. The number of likely N-dealkylation sites (N-methyl/N-ethyl adjacent to an activating group) is 1. The van der Waals surface area contributed by atoms with Crippen LogP contribution < -0.4 is 15.4 Å². The van der Waals surface area contributed by atoms with Gasteiger partial charge in [-0.25, -0.2) is 4.39 Å². The van der Waals surface area contributed by atoms with E-state index in [1.54, 1.807) is 12.1 Å². The average Bonchev–Trinajstić information content (AvgIpc) is 3.18. The number of rotatable bonds is 7. The molecule has 1 heterocycles. The Labute approximate surface area is 163 Å². The summed E-state index contributed by atoms with van der Waals surface area (Å²) >= 11 is 0. The Morgan fingerprint density at radius 1 is 1.11 bits per heavy atom. The Kier molecular flexibility index (Phi) is 6.34. The van der Waals surface area contributed by atoms with Crippen LogP contribution in [0.2, 0.25) is 0 Å². The third kappa shape index (κ3) is 4.71. The highest BCUT2D eigenvalue weighted by molar-refractivity contribution is 5.97. The van der Waals surface area contributed by atoms with Gasteiger partial charge in [-0.2, -0.15) is 0 Å². The smallest absolute Gasteiger partial charge is 0.287 e. The van der Waals surface area contributed by atoms with Crippen molar-refractivity contribution in [3.63, 3.8) is 0 Å². The molecule has 0 radical (unpaired) electrons. The summed E-state index contributed by atoms with van der Waals surface area (Å²) in [6.45, 7) is 2.48. The Bertz CT molecular complexity index is 810. The lowest BCUT2D eigenvalue weighted by molar-refractivity contribution is -0.128. The third-order valence-corrected chi connectivity index (χ3v) is 4.91. The number of ether oxygens (including phenoxy) is 1. The molecule has 0 aliphatic heterocycles. The molecule has 1 saturated carbocycles. The van der Waals surface area contributed by atoms with Gasteiger partial charge in [-0.1, -0.05) is 19.3 Å². The quantitative estimate of drug-likeness (QED) is 0.760. The summed E-state index contributed by atoms with van der Waals surface area (Å²) in [4.78, 5) is 25.3. The Morgan fingerprint density at radius 2 is 1.82 bits per heavy atom. The summed E-state index contributed by atoms with van der Waals surface area (Å²) in [6.07, 6.45) is 4.08. The molecule has 1 aliphatic carbocycles. The first kappa shape index (κ1) is 19.9. The van der Waals surface area contributed by atoms with E-state index in [1.165, 1.54) is 24.3 Å². The molecule has 2 amide bonds. The predicted molar refractivity (Wildman–Crippen MR) is 101 cm³/mol. The summed E-state index contributed by atoms with van der Waals surface area (Å²) in [5.74, 6) is 0.196. The van der Waals surface area contributed by atoms with Crippen molar-refractivity contribution < 1.29 is 23.1 Å². The minimum absolute atomic E-state index is 0.111. The molecule has 1 fully saturated rings. The molecule has 0 atom stereocenters. The summed E-state index contributed by atoms with van der Waals surface area (Å²) in [7, 11) is 0. The second-order valence-electron chi connectivity index (χ2n) is 6.96. The van der Waals surface area contributed by atoms with Gasteiger partial charge in [0.05, 0.1) is 0 Å². The monoisotopic (exact) mass is 388 g/mol. The standard InChI is InChI=1S/C21H25FN2O4/c1-2-23-20(26)21(12-4-3-5-13-21)24-19(25)18-11-10-17(28-18)14-27-16-8-6-15(22)7-9-16/h6-11H,2-5,12-14H2,1H3,(H,23,26)(H,24,25). The number of nitrogens with one attached hydrogen (secondary N) is 2. The van der Waals surface area contributed by atoms with Crippen molar-refractivity contribution in [2.24, 2.45) is 0 Å². The lowest BCUT2D eigenvalue weighted by atomic mass is 9.80. The fraction of sp³-hybridized carbons (Fsp3) is 0.429. The van der Waals surface area contributed by atoms with Crippen LogP contribution in [0.5, 0.6) is 5.75 Å². The van der Waals surface area contributed by atoms with Crippen LogP contribution in [-0.4, -0.2) is 23.9 Å². The van der Waals surface area contributed by atoms with Crippen LogP contribution in [0.4, 0.5) is 4.39 Å². The molecule has 1 aromatic carbocycles. The van der Waals surface area contributed by atoms with Gasteiger partial charge >= 0.3 is 0 Å².